The fourth-order valence-electron chi connectivity index (χ4n) is 2.29. The second-order valence-corrected chi connectivity index (χ2v) is 5.12. The molecule has 0 fully saturated rings. The lowest BCUT2D eigenvalue weighted by Crippen LogP contribution is -2.22. The van der Waals surface area contributed by atoms with Crippen molar-refractivity contribution in [1.29, 1.82) is 0 Å². The molecule has 0 amide bonds. The van der Waals surface area contributed by atoms with Gasteiger partial charge in [0.2, 0.25) is 5.95 Å². The molecule has 3 heterocycles. The third-order valence-electron chi connectivity index (χ3n) is 3.32. The van der Waals surface area contributed by atoms with Crippen molar-refractivity contribution in [3.8, 4) is 11.1 Å². The van der Waals surface area contributed by atoms with Crippen LogP contribution in [0.15, 0.2) is 35.6 Å². The molecule has 2 N–H and O–H groups in total. The number of nitrogens with zero attached hydrogens (tertiary/aromatic N) is 4. The van der Waals surface area contributed by atoms with E-state index in [0.29, 0.717) is 23.5 Å². The van der Waals surface area contributed by atoms with Crippen molar-refractivity contribution in [2.45, 2.75) is 13.0 Å². The maximum Gasteiger partial charge on any atom is 0.259 e. The fourth-order valence-corrected chi connectivity index (χ4v) is 2.29. The van der Waals surface area contributed by atoms with Crippen LogP contribution < -0.4 is 10.9 Å². The van der Waals surface area contributed by atoms with E-state index in [9.17, 15) is 4.79 Å². The zero-order valence-corrected chi connectivity index (χ0v) is 12.8. The monoisotopic (exact) mass is 312 g/mol. The smallest absolute Gasteiger partial charge is 0.259 e. The van der Waals surface area contributed by atoms with Crippen LogP contribution in [0.3, 0.4) is 0 Å². The van der Waals surface area contributed by atoms with E-state index in [1.807, 2.05) is 13.0 Å². The zero-order valence-electron chi connectivity index (χ0n) is 12.8. The summed E-state index contributed by atoms with van der Waals surface area (Å²) in [5.41, 5.74) is 1.90. The van der Waals surface area contributed by atoms with Crippen LogP contribution in [0.1, 0.15) is 6.92 Å². The second-order valence-electron chi connectivity index (χ2n) is 5.12. The lowest BCUT2D eigenvalue weighted by Gasteiger charge is -2.13. The van der Waals surface area contributed by atoms with E-state index in [4.69, 9.17) is 4.74 Å². The molecule has 0 aliphatic rings. The molecule has 0 bridgehead atoms. The Morgan fingerprint density at radius 2 is 2.22 bits per heavy atom. The zero-order chi connectivity index (χ0) is 16.2. The highest BCUT2D eigenvalue weighted by Crippen LogP contribution is 2.24. The lowest BCUT2D eigenvalue weighted by molar-refractivity contribution is 0.190. The average Bonchev–Trinajstić information content (AvgIpc) is 2.56. The van der Waals surface area contributed by atoms with Crippen LogP contribution in [-0.4, -0.2) is 44.9 Å². The van der Waals surface area contributed by atoms with Gasteiger partial charge in [-0.2, -0.15) is 10.2 Å². The number of H-pyrrole nitrogens is 1. The summed E-state index contributed by atoms with van der Waals surface area (Å²) in [7, 11) is 1.63. The molecule has 0 saturated heterocycles. The van der Waals surface area contributed by atoms with Gasteiger partial charge in [0.05, 0.1) is 29.9 Å². The highest BCUT2D eigenvalue weighted by atomic mass is 16.5. The summed E-state index contributed by atoms with van der Waals surface area (Å²) >= 11 is 0. The fraction of sp³-hybridized carbons (Fsp3) is 0.267. The number of aromatic nitrogens is 5. The third-order valence-corrected chi connectivity index (χ3v) is 3.32. The molecule has 0 aliphatic heterocycles. The van der Waals surface area contributed by atoms with Crippen molar-refractivity contribution < 1.29 is 4.74 Å². The Bertz CT molecular complexity index is 865. The van der Waals surface area contributed by atoms with Crippen molar-refractivity contribution in [1.82, 2.24) is 25.1 Å². The van der Waals surface area contributed by atoms with E-state index in [1.165, 1.54) is 6.20 Å². The highest BCUT2D eigenvalue weighted by Gasteiger charge is 2.11. The highest BCUT2D eigenvalue weighted by molar-refractivity contribution is 5.92. The summed E-state index contributed by atoms with van der Waals surface area (Å²) in [5.74, 6) is 0.441. The first kappa shape index (κ1) is 15.0. The number of anilines is 1. The summed E-state index contributed by atoms with van der Waals surface area (Å²) in [6, 6.07) is 1.86. The molecular formula is C15H16N6O2. The Morgan fingerprint density at radius 1 is 1.35 bits per heavy atom. The van der Waals surface area contributed by atoms with E-state index < -0.39 is 0 Å². The summed E-state index contributed by atoms with van der Waals surface area (Å²) in [4.78, 5) is 23.4. The number of hydrogen-bond acceptors (Lipinski definition) is 7. The number of aromatic amines is 1. The minimum atomic E-state index is -0.234. The predicted octanol–water partition coefficient (Wildman–Crippen LogP) is 1.22. The van der Waals surface area contributed by atoms with Gasteiger partial charge in [-0.25, -0.2) is 9.97 Å². The Hall–Kier alpha value is -2.87. The lowest BCUT2D eigenvalue weighted by atomic mass is 10.1. The van der Waals surface area contributed by atoms with Crippen molar-refractivity contribution in [2.75, 3.05) is 19.0 Å². The average molecular weight is 312 g/mol. The Morgan fingerprint density at radius 3 is 2.96 bits per heavy atom. The molecule has 1 unspecified atom stereocenters. The number of ether oxygens (including phenoxy) is 1. The van der Waals surface area contributed by atoms with Gasteiger partial charge in [0.25, 0.3) is 5.56 Å². The summed E-state index contributed by atoms with van der Waals surface area (Å²) in [6.45, 7) is 2.49. The van der Waals surface area contributed by atoms with Gasteiger partial charge in [-0.3, -0.25) is 4.79 Å². The van der Waals surface area contributed by atoms with E-state index in [1.54, 1.807) is 25.7 Å². The second kappa shape index (κ2) is 6.49. The normalized spacial score (nSPS) is 12.3. The molecule has 0 spiro atoms. The number of nitrogens with one attached hydrogen (secondary N) is 2. The van der Waals surface area contributed by atoms with Gasteiger partial charge < -0.3 is 15.0 Å². The van der Waals surface area contributed by atoms with E-state index >= 15 is 0 Å². The first-order chi connectivity index (χ1) is 11.2. The largest absolute Gasteiger partial charge is 0.383 e. The molecule has 3 aromatic heterocycles. The topological polar surface area (TPSA) is 106 Å². The molecule has 0 saturated carbocycles. The standard InChI is InChI=1S/C15H16N6O2/c1-9(8-23-2)20-15-17-7-12-13(21-15)11(6-16-14(12)22)10-3-4-18-19-5-10/h3-7,9H,8H2,1-2H3,(H,16,22)(H,17,20,21). The number of fused-ring (bicyclic) bond motifs is 1. The SMILES string of the molecule is COCC(C)Nc1ncc2c(=O)[nH]cc(-c3ccnnc3)c2n1. The Balaban J connectivity index is 2.10. The molecule has 1 atom stereocenters. The molecular weight excluding hydrogens is 296 g/mol. The van der Waals surface area contributed by atoms with Gasteiger partial charge >= 0.3 is 0 Å². The molecule has 23 heavy (non-hydrogen) atoms. The molecule has 0 aromatic carbocycles. The van der Waals surface area contributed by atoms with Crippen LogP contribution in [0, 0.1) is 0 Å². The first-order valence-corrected chi connectivity index (χ1v) is 7.10. The first-order valence-electron chi connectivity index (χ1n) is 7.10. The Labute approximate surface area is 132 Å². The summed E-state index contributed by atoms with van der Waals surface area (Å²) in [5, 5.41) is 11.2. The molecule has 8 heteroatoms. The van der Waals surface area contributed by atoms with Crippen molar-refractivity contribution >= 4 is 16.9 Å². The van der Waals surface area contributed by atoms with Crippen LogP contribution in [0.4, 0.5) is 5.95 Å². The van der Waals surface area contributed by atoms with E-state index in [0.717, 1.165) is 11.1 Å². The van der Waals surface area contributed by atoms with Gasteiger partial charge in [0, 0.05) is 36.7 Å². The van der Waals surface area contributed by atoms with Gasteiger partial charge in [-0.1, -0.05) is 0 Å². The molecule has 118 valence electrons. The Kier molecular flexibility index (Phi) is 4.24. The summed E-state index contributed by atoms with van der Waals surface area (Å²) < 4.78 is 5.09. The predicted molar refractivity (Wildman–Crippen MR) is 86.1 cm³/mol. The van der Waals surface area contributed by atoms with Crippen LogP contribution >= 0.6 is 0 Å². The van der Waals surface area contributed by atoms with Gasteiger partial charge in [0.15, 0.2) is 0 Å². The minimum absolute atomic E-state index is 0.0467. The van der Waals surface area contributed by atoms with E-state index in [2.05, 4.69) is 30.5 Å². The third kappa shape index (κ3) is 3.16. The van der Waals surface area contributed by atoms with Crippen molar-refractivity contribution in [3.05, 3.63) is 41.2 Å². The number of hydrogen-bond donors (Lipinski definition) is 2. The minimum Gasteiger partial charge on any atom is -0.383 e. The quantitative estimate of drug-likeness (QED) is 0.729. The number of rotatable bonds is 5. The summed E-state index contributed by atoms with van der Waals surface area (Å²) in [6.07, 6.45) is 6.35. The van der Waals surface area contributed by atoms with Gasteiger partial charge in [-0.05, 0) is 13.0 Å². The number of methoxy groups -OCH3 is 1. The molecule has 0 aliphatic carbocycles. The maximum absolute atomic E-state index is 12.0. The van der Waals surface area contributed by atoms with Crippen LogP contribution in [0.5, 0.6) is 0 Å². The number of pyridine rings is 1. The molecule has 8 nitrogen and oxygen atoms in total. The molecule has 0 radical (unpaired) electrons. The van der Waals surface area contributed by atoms with Crippen LogP contribution in [-0.2, 0) is 4.74 Å². The van der Waals surface area contributed by atoms with Crippen molar-refractivity contribution in [3.63, 3.8) is 0 Å². The van der Waals surface area contributed by atoms with E-state index in [-0.39, 0.29) is 11.6 Å². The van der Waals surface area contributed by atoms with Crippen LogP contribution in [0.2, 0.25) is 0 Å². The van der Waals surface area contributed by atoms with Crippen LogP contribution in [0.25, 0.3) is 22.0 Å². The van der Waals surface area contributed by atoms with Gasteiger partial charge in [-0.15, -0.1) is 0 Å². The van der Waals surface area contributed by atoms with Gasteiger partial charge in [0.1, 0.15) is 0 Å². The molecule has 3 rings (SSSR count). The van der Waals surface area contributed by atoms with Crippen molar-refractivity contribution in [2.24, 2.45) is 0 Å². The molecule has 3 aromatic rings. The maximum atomic E-state index is 12.0.